The van der Waals surface area contributed by atoms with Crippen molar-refractivity contribution in [3.8, 4) is 11.3 Å². The van der Waals surface area contributed by atoms with Gasteiger partial charge in [0.05, 0.1) is 5.69 Å². The van der Waals surface area contributed by atoms with E-state index in [1.807, 2.05) is 32.9 Å². The predicted molar refractivity (Wildman–Crippen MR) is 69.0 cm³/mol. The molecular weight excluding hydrogens is 228 g/mol. The second-order valence-corrected chi connectivity index (χ2v) is 5.11. The van der Waals surface area contributed by atoms with Gasteiger partial charge in [-0.25, -0.2) is 0 Å². The Morgan fingerprint density at radius 1 is 1.28 bits per heavy atom. The molecule has 5 nitrogen and oxygen atoms in total. The van der Waals surface area contributed by atoms with Crippen molar-refractivity contribution in [1.82, 2.24) is 20.5 Å². The van der Waals surface area contributed by atoms with Crippen molar-refractivity contribution >= 4 is 5.91 Å². The molecule has 0 radical (unpaired) electrons. The van der Waals surface area contributed by atoms with Gasteiger partial charge in [-0.05, 0) is 39.0 Å². The third-order valence-corrected chi connectivity index (χ3v) is 2.29. The molecule has 2 N–H and O–H groups in total. The Bertz CT molecular complexity index is 540. The number of carbonyl (C=O) groups excluding carboxylic acids is 1. The second-order valence-electron chi connectivity index (χ2n) is 5.11. The average molecular weight is 244 g/mol. The summed E-state index contributed by atoms with van der Waals surface area (Å²) in [6.07, 6.45) is 3.39. The Morgan fingerprint density at radius 3 is 2.56 bits per heavy atom. The Kier molecular flexibility index (Phi) is 3.14. The van der Waals surface area contributed by atoms with Gasteiger partial charge in [0, 0.05) is 23.5 Å². The maximum atomic E-state index is 11.9. The van der Waals surface area contributed by atoms with E-state index in [1.54, 1.807) is 18.5 Å². The number of hydrogen-bond acceptors (Lipinski definition) is 3. The van der Waals surface area contributed by atoms with Crippen molar-refractivity contribution in [1.29, 1.82) is 0 Å². The maximum Gasteiger partial charge on any atom is 0.269 e. The number of aromatic amines is 1. The van der Waals surface area contributed by atoms with Crippen molar-refractivity contribution in [2.45, 2.75) is 26.3 Å². The fourth-order valence-corrected chi connectivity index (χ4v) is 1.52. The first-order valence-corrected chi connectivity index (χ1v) is 5.74. The van der Waals surface area contributed by atoms with Crippen LogP contribution in [0.3, 0.4) is 0 Å². The first-order valence-electron chi connectivity index (χ1n) is 5.74. The number of carbonyl (C=O) groups is 1. The summed E-state index contributed by atoms with van der Waals surface area (Å²) in [7, 11) is 0. The third kappa shape index (κ3) is 2.94. The van der Waals surface area contributed by atoms with E-state index in [0.29, 0.717) is 5.69 Å². The van der Waals surface area contributed by atoms with Crippen LogP contribution in [0.1, 0.15) is 31.3 Å². The molecule has 0 bridgehead atoms. The molecule has 0 unspecified atom stereocenters. The summed E-state index contributed by atoms with van der Waals surface area (Å²) >= 11 is 0. The minimum atomic E-state index is -0.265. The van der Waals surface area contributed by atoms with E-state index < -0.39 is 0 Å². The van der Waals surface area contributed by atoms with Gasteiger partial charge >= 0.3 is 0 Å². The van der Waals surface area contributed by atoms with Crippen LogP contribution in [0.15, 0.2) is 30.6 Å². The summed E-state index contributed by atoms with van der Waals surface area (Å²) in [6, 6.07) is 5.43. The first-order chi connectivity index (χ1) is 8.46. The summed E-state index contributed by atoms with van der Waals surface area (Å²) in [5.41, 5.74) is 1.85. The van der Waals surface area contributed by atoms with Gasteiger partial charge in [-0.15, -0.1) is 0 Å². The van der Waals surface area contributed by atoms with Crippen LogP contribution in [0.4, 0.5) is 0 Å². The highest BCUT2D eigenvalue weighted by molar-refractivity contribution is 5.93. The zero-order valence-corrected chi connectivity index (χ0v) is 10.7. The molecule has 0 aliphatic carbocycles. The Balaban J connectivity index is 2.19. The van der Waals surface area contributed by atoms with Gasteiger partial charge < -0.3 is 5.32 Å². The molecule has 2 aromatic heterocycles. The van der Waals surface area contributed by atoms with Gasteiger partial charge in [0.1, 0.15) is 5.69 Å². The molecular formula is C13H16N4O. The zero-order chi connectivity index (χ0) is 13.2. The minimum absolute atomic E-state index is 0.157. The lowest BCUT2D eigenvalue weighted by Gasteiger charge is -2.19. The first kappa shape index (κ1) is 12.3. The SMILES string of the molecule is CC(C)(C)NC(=O)c1cc(-c2ccncc2)n[nH]1. The molecule has 0 aliphatic heterocycles. The fourth-order valence-electron chi connectivity index (χ4n) is 1.52. The number of H-pyrrole nitrogens is 1. The Hall–Kier alpha value is -2.17. The number of rotatable bonds is 2. The minimum Gasteiger partial charge on any atom is -0.346 e. The van der Waals surface area contributed by atoms with E-state index in [2.05, 4.69) is 20.5 Å². The largest absolute Gasteiger partial charge is 0.346 e. The summed E-state index contributed by atoms with van der Waals surface area (Å²) < 4.78 is 0. The van der Waals surface area contributed by atoms with E-state index in [4.69, 9.17) is 0 Å². The molecule has 5 heteroatoms. The van der Waals surface area contributed by atoms with Gasteiger partial charge in [-0.1, -0.05) is 0 Å². The van der Waals surface area contributed by atoms with Crippen LogP contribution in [0, 0.1) is 0 Å². The van der Waals surface area contributed by atoms with E-state index >= 15 is 0 Å². The normalized spacial score (nSPS) is 11.3. The number of hydrogen-bond donors (Lipinski definition) is 2. The van der Waals surface area contributed by atoms with E-state index in [0.717, 1.165) is 11.3 Å². The highest BCUT2D eigenvalue weighted by atomic mass is 16.2. The second kappa shape index (κ2) is 4.60. The van der Waals surface area contributed by atoms with Crippen molar-refractivity contribution in [3.63, 3.8) is 0 Å². The third-order valence-electron chi connectivity index (χ3n) is 2.29. The number of nitrogens with zero attached hydrogens (tertiary/aromatic N) is 2. The molecule has 0 saturated heterocycles. The van der Waals surface area contributed by atoms with E-state index in [9.17, 15) is 4.79 Å². The Labute approximate surface area is 106 Å². The van der Waals surface area contributed by atoms with Crippen LogP contribution >= 0.6 is 0 Å². The van der Waals surface area contributed by atoms with Crippen LogP contribution in [0.2, 0.25) is 0 Å². The van der Waals surface area contributed by atoms with Gasteiger partial charge in [0.15, 0.2) is 0 Å². The van der Waals surface area contributed by atoms with Crippen LogP contribution in [-0.2, 0) is 0 Å². The molecule has 0 aliphatic rings. The van der Waals surface area contributed by atoms with Gasteiger partial charge in [0.2, 0.25) is 0 Å². The topological polar surface area (TPSA) is 70.7 Å². The lowest BCUT2D eigenvalue weighted by atomic mass is 10.1. The zero-order valence-electron chi connectivity index (χ0n) is 10.7. The molecule has 94 valence electrons. The molecule has 1 amide bonds. The number of amides is 1. The summed E-state index contributed by atoms with van der Waals surface area (Å²) in [5.74, 6) is -0.157. The standard InChI is InChI=1S/C13H16N4O/c1-13(2,3)15-12(18)11-8-10(16-17-11)9-4-6-14-7-5-9/h4-8H,1-3H3,(H,15,18)(H,16,17). The summed E-state index contributed by atoms with van der Waals surface area (Å²) in [4.78, 5) is 15.9. The Morgan fingerprint density at radius 2 is 1.94 bits per heavy atom. The fraction of sp³-hybridized carbons (Fsp3) is 0.308. The van der Waals surface area contributed by atoms with Gasteiger partial charge in [0.25, 0.3) is 5.91 Å². The molecule has 18 heavy (non-hydrogen) atoms. The number of nitrogens with one attached hydrogen (secondary N) is 2. The van der Waals surface area contributed by atoms with Crippen molar-refractivity contribution < 1.29 is 4.79 Å². The number of pyridine rings is 1. The monoisotopic (exact) mass is 244 g/mol. The highest BCUT2D eigenvalue weighted by Crippen LogP contribution is 2.16. The van der Waals surface area contributed by atoms with Crippen LogP contribution in [0.25, 0.3) is 11.3 Å². The number of aromatic nitrogens is 3. The van der Waals surface area contributed by atoms with Gasteiger partial charge in [-0.3, -0.25) is 14.9 Å². The quantitative estimate of drug-likeness (QED) is 0.848. The van der Waals surface area contributed by atoms with Crippen molar-refractivity contribution in [2.75, 3.05) is 0 Å². The van der Waals surface area contributed by atoms with E-state index in [-0.39, 0.29) is 11.4 Å². The predicted octanol–water partition coefficient (Wildman–Crippen LogP) is 2.00. The molecule has 2 rings (SSSR count). The van der Waals surface area contributed by atoms with Crippen molar-refractivity contribution in [2.24, 2.45) is 0 Å². The molecule has 2 heterocycles. The lowest BCUT2D eigenvalue weighted by Crippen LogP contribution is -2.40. The summed E-state index contributed by atoms with van der Waals surface area (Å²) in [6.45, 7) is 5.81. The summed E-state index contributed by atoms with van der Waals surface area (Å²) in [5, 5.41) is 9.75. The molecule has 0 atom stereocenters. The van der Waals surface area contributed by atoms with Crippen LogP contribution in [0.5, 0.6) is 0 Å². The van der Waals surface area contributed by atoms with Gasteiger partial charge in [-0.2, -0.15) is 5.10 Å². The van der Waals surface area contributed by atoms with Crippen LogP contribution < -0.4 is 5.32 Å². The van der Waals surface area contributed by atoms with Crippen molar-refractivity contribution in [3.05, 3.63) is 36.3 Å². The molecule has 0 spiro atoms. The molecule has 0 saturated carbocycles. The molecule has 0 aromatic carbocycles. The molecule has 2 aromatic rings. The van der Waals surface area contributed by atoms with Crippen LogP contribution in [-0.4, -0.2) is 26.6 Å². The van der Waals surface area contributed by atoms with E-state index in [1.165, 1.54) is 0 Å². The maximum absolute atomic E-state index is 11.9. The lowest BCUT2D eigenvalue weighted by molar-refractivity contribution is 0.0914. The average Bonchev–Trinajstić information content (AvgIpc) is 2.77. The smallest absolute Gasteiger partial charge is 0.269 e. The molecule has 0 fully saturated rings. The highest BCUT2D eigenvalue weighted by Gasteiger charge is 2.17.